The average molecular weight is 244 g/mol. The van der Waals surface area contributed by atoms with Gasteiger partial charge in [-0.2, -0.15) is 0 Å². The average Bonchev–Trinajstić information content (AvgIpc) is 2.73. The molecule has 0 aliphatic carbocycles. The summed E-state index contributed by atoms with van der Waals surface area (Å²) in [4.78, 5) is 11.4. The first-order chi connectivity index (χ1) is 8.50. The van der Waals surface area contributed by atoms with Crippen molar-refractivity contribution >= 4 is 11.7 Å². The lowest BCUT2D eigenvalue weighted by Gasteiger charge is -2.11. The van der Waals surface area contributed by atoms with E-state index >= 15 is 0 Å². The Morgan fingerprint density at radius 3 is 2.61 bits per heavy atom. The molecular formula is C14H16N2O2. The van der Waals surface area contributed by atoms with Gasteiger partial charge in [-0.3, -0.25) is 0 Å². The van der Waals surface area contributed by atoms with Crippen molar-refractivity contribution in [3.63, 3.8) is 0 Å². The quantitative estimate of drug-likeness (QED) is 0.815. The number of carboxylic acids is 1. The minimum atomic E-state index is -0.925. The Morgan fingerprint density at radius 1 is 1.33 bits per heavy atom. The van der Waals surface area contributed by atoms with Crippen LogP contribution in [0.15, 0.2) is 36.5 Å². The molecule has 0 saturated heterocycles. The normalized spacial score (nSPS) is 10.8. The van der Waals surface area contributed by atoms with Gasteiger partial charge in [0.1, 0.15) is 5.69 Å². The summed E-state index contributed by atoms with van der Waals surface area (Å²) in [6, 6.07) is 9.17. The van der Waals surface area contributed by atoms with Crippen molar-refractivity contribution in [1.29, 1.82) is 0 Å². The maximum absolute atomic E-state index is 11.4. The predicted molar refractivity (Wildman–Crippen MR) is 71.6 cm³/mol. The van der Waals surface area contributed by atoms with Gasteiger partial charge in [0, 0.05) is 23.5 Å². The molecule has 0 amide bonds. The second-order valence-corrected chi connectivity index (χ2v) is 4.51. The van der Waals surface area contributed by atoms with E-state index in [1.54, 1.807) is 22.9 Å². The fourth-order valence-corrected chi connectivity index (χ4v) is 2.04. The Kier molecular flexibility index (Phi) is 3.10. The van der Waals surface area contributed by atoms with Crippen LogP contribution in [-0.4, -0.2) is 15.6 Å². The van der Waals surface area contributed by atoms with Gasteiger partial charge in [-0.05, 0) is 37.6 Å². The predicted octanol–water partition coefficient (Wildman–Crippen LogP) is 3.02. The number of hydrogen-bond acceptors (Lipinski definition) is 2. The number of hydrogen-bond donors (Lipinski definition) is 2. The Balaban J connectivity index is 2.62. The fourth-order valence-electron chi connectivity index (χ4n) is 2.04. The second-order valence-electron chi connectivity index (χ2n) is 4.51. The van der Waals surface area contributed by atoms with Crippen LogP contribution in [0.25, 0.3) is 11.1 Å². The molecule has 0 radical (unpaired) electrons. The smallest absolute Gasteiger partial charge is 0.353 e. The molecule has 94 valence electrons. The third-order valence-electron chi connectivity index (χ3n) is 2.87. The third kappa shape index (κ3) is 2.09. The molecule has 1 heterocycles. The van der Waals surface area contributed by atoms with Gasteiger partial charge in [-0.1, -0.05) is 12.1 Å². The molecule has 0 atom stereocenters. The molecule has 0 spiro atoms. The zero-order valence-electron chi connectivity index (χ0n) is 10.4. The van der Waals surface area contributed by atoms with E-state index < -0.39 is 5.97 Å². The van der Waals surface area contributed by atoms with E-state index in [9.17, 15) is 9.90 Å². The zero-order chi connectivity index (χ0) is 13.3. The van der Waals surface area contributed by atoms with Crippen molar-refractivity contribution in [1.82, 2.24) is 4.57 Å². The summed E-state index contributed by atoms with van der Waals surface area (Å²) >= 11 is 0. The Morgan fingerprint density at radius 2 is 2.06 bits per heavy atom. The summed E-state index contributed by atoms with van der Waals surface area (Å²) in [7, 11) is 0. The number of aromatic carboxylic acids is 1. The third-order valence-corrected chi connectivity index (χ3v) is 2.87. The van der Waals surface area contributed by atoms with E-state index in [0.29, 0.717) is 16.9 Å². The van der Waals surface area contributed by atoms with Crippen molar-refractivity contribution in [2.24, 2.45) is 0 Å². The lowest BCUT2D eigenvalue weighted by molar-refractivity contribution is 0.0684. The molecule has 1 aromatic heterocycles. The number of aromatic nitrogens is 1. The maximum atomic E-state index is 11.4. The van der Waals surface area contributed by atoms with Gasteiger partial charge in [-0.15, -0.1) is 0 Å². The summed E-state index contributed by atoms with van der Waals surface area (Å²) < 4.78 is 1.75. The minimum Gasteiger partial charge on any atom is -0.477 e. The lowest BCUT2D eigenvalue weighted by Crippen LogP contribution is -2.10. The van der Waals surface area contributed by atoms with E-state index in [4.69, 9.17) is 5.73 Å². The fraction of sp³-hybridized carbons (Fsp3) is 0.214. The summed E-state index contributed by atoms with van der Waals surface area (Å²) in [6.45, 7) is 3.91. The van der Waals surface area contributed by atoms with Gasteiger partial charge in [0.15, 0.2) is 0 Å². The number of rotatable bonds is 3. The first kappa shape index (κ1) is 12.2. The van der Waals surface area contributed by atoms with Gasteiger partial charge >= 0.3 is 5.97 Å². The van der Waals surface area contributed by atoms with E-state index in [1.165, 1.54) is 0 Å². The number of benzene rings is 1. The Hall–Kier alpha value is -2.23. The molecule has 18 heavy (non-hydrogen) atoms. The van der Waals surface area contributed by atoms with Crippen LogP contribution in [0.2, 0.25) is 0 Å². The highest BCUT2D eigenvalue weighted by Crippen LogP contribution is 2.28. The van der Waals surface area contributed by atoms with E-state index in [1.807, 2.05) is 32.0 Å². The number of nitrogen functional groups attached to an aromatic ring is 1. The van der Waals surface area contributed by atoms with E-state index in [-0.39, 0.29) is 6.04 Å². The van der Waals surface area contributed by atoms with Crippen molar-refractivity contribution < 1.29 is 9.90 Å². The number of nitrogens with zero attached hydrogens (tertiary/aromatic N) is 1. The SMILES string of the molecule is CC(C)n1ccc(-c2cccc(N)c2)c1C(=O)O. The standard InChI is InChI=1S/C14H16N2O2/c1-9(2)16-7-6-12(13(16)14(17)18)10-4-3-5-11(15)8-10/h3-9H,15H2,1-2H3,(H,17,18). The van der Waals surface area contributed by atoms with Crippen LogP contribution in [0.4, 0.5) is 5.69 Å². The molecule has 1 aromatic carbocycles. The molecule has 0 aliphatic rings. The molecule has 2 rings (SSSR count). The van der Waals surface area contributed by atoms with Crippen molar-refractivity contribution in [3.8, 4) is 11.1 Å². The number of anilines is 1. The summed E-state index contributed by atoms with van der Waals surface area (Å²) in [5.41, 5.74) is 8.19. The summed E-state index contributed by atoms with van der Waals surface area (Å²) in [5, 5.41) is 9.36. The van der Waals surface area contributed by atoms with Crippen molar-refractivity contribution in [2.75, 3.05) is 5.73 Å². The van der Waals surface area contributed by atoms with E-state index in [2.05, 4.69) is 0 Å². The molecule has 0 bridgehead atoms. The highest BCUT2D eigenvalue weighted by atomic mass is 16.4. The van der Waals surface area contributed by atoms with Crippen LogP contribution >= 0.6 is 0 Å². The topological polar surface area (TPSA) is 68.2 Å². The maximum Gasteiger partial charge on any atom is 0.353 e. The summed E-state index contributed by atoms with van der Waals surface area (Å²) in [6.07, 6.45) is 1.80. The highest BCUT2D eigenvalue weighted by Gasteiger charge is 2.18. The second kappa shape index (κ2) is 4.56. The largest absolute Gasteiger partial charge is 0.477 e. The molecule has 0 aliphatic heterocycles. The molecule has 0 fully saturated rings. The van der Waals surface area contributed by atoms with Gasteiger partial charge in [0.05, 0.1) is 0 Å². The Labute approximate surface area is 106 Å². The summed E-state index contributed by atoms with van der Waals surface area (Å²) in [5.74, 6) is -0.925. The van der Waals surface area contributed by atoms with Gasteiger partial charge in [0.25, 0.3) is 0 Å². The highest BCUT2D eigenvalue weighted by molar-refractivity contribution is 5.95. The first-order valence-corrected chi connectivity index (χ1v) is 5.80. The van der Waals surface area contributed by atoms with Crippen LogP contribution in [0.3, 0.4) is 0 Å². The Bertz CT molecular complexity index is 585. The minimum absolute atomic E-state index is 0.103. The van der Waals surface area contributed by atoms with Crippen molar-refractivity contribution in [3.05, 3.63) is 42.2 Å². The van der Waals surface area contributed by atoms with Crippen molar-refractivity contribution in [2.45, 2.75) is 19.9 Å². The monoisotopic (exact) mass is 244 g/mol. The number of nitrogens with two attached hydrogens (primary N) is 1. The van der Waals surface area contributed by atoms with Crippen LogP contribution in [-0.2, 0) is 0 Å². The molecule has 2 aromatic rings. The first-order valence-electron chi connectivity index (χ1n) is 5.80. The molecule has 4 heteroatoms. The van der Waals surface area contributed by atoms with Crippen LogP contribution in [0.5, 0.6) is 0 Å². The molecule has 0 unspecified atom stereocenters. The van der Waals surface area contributed by atoms with Gasteiger partial charge in [0.2, 0.25) is 0 Å². The zero-order valence-corrected chi connectivity index (χ0v) is 10.4. The van der Waals surface area contributed by atoms with Crippen LogP contribution in [0.1, 0.15) is 30.4 Å². The number of carbonyl (C=O) groups is 1. The number of carboxylic acid groups (broad SMARTS) is 1. The van der Waals surface area contributed by atoms with Crippen LogP contribution < -0.4 is 5.73 Å². The van der Waals surface area contributed by atoms with E-state index in [0.717, 1.165) is 5.56 Å². The molecule has 4 nitrogen and oxygen atoms in total. The van der Waals surface area contributed by atoms with Gasteiger partial charge in [-0.25, -0.2) is 4.79 Å². The lowest BCUT2D eigenvalue weighted by atomic mass is 10.1. The molecule has 0 saturated carbocycles. The molecular weight excluding hydrogens is 228 g/mol. The van der Waals surface area contributed by atoms with Crippen LogP contribution in [0, 0.1) is 0 Å². The molecule has 3 N–H and O–H groups in total. The van der Waals surface area contributed by atoms with Gasteiger partial charge < -0.3 is 15.4 Å².